The molecule has 2 aromatic rings. The molecule has 0 radical (unpaired) electrons. The molecular weight excluding hydrogens is 270 g/mol. The van der Waals surface area contributed by atoms with Crippen LogP contribution in [0, 0.1) is 0 Å². The second-order valence-corrected chi connectivity index (χ2v) is 5.64. The lowest BCUT2D eigenvalue weighted by molar-refractivity contribution is 0.309. The van der Waals surface area contributed by atoms with Crippen molar-refractivity contribution in [2.45, 2.75) is 26.2 Å². The number of ether oxygens (including phenoxy) is 1. The maximum atomic E-state index is 5.65. The van der Waals surface area contributed by atoms with E-state index in [1.165, 1.54) is 0 Å². The Morgan fingerprint density at radius 3 is 2.70 bits per heavy atom. The van der Waals surface area contributed by atoms with E-state index in [1.807, 2.05) is 31.3 Å². The Morgan fingerprint density at radius 2 is 2.00 bits per heavy atom. The number of hydrogen-bond donors (Lipinski definition) is 1. The highest BCUT2D eigenvalue weighted by Crippen LogP contribution is 2.25. The molecular formula is C15H21N3OS. The van der Waals surface area contributed by atoms with E-state index in [0.29, 0.717) is 0 Å². The second-order valence-electron chi connectivity index (χ2n) is 4.58. The number of nitrogens with one attached hydrogen (secondary N) is 1. The van der Waals surface area contributed by atoms with Gasteiger partial charge in [0.15, 0.2) is 0 Å². The fourth-order valence-corrected chi connectivity index (χ4v) is 2.58. The van der Waals surface area contributed by atoms with Gasteiger partial charge in [-0.1, -0.05) is 24.7 Å². The first-order valence-corrected chi connectivity index (χ1v) is 7.85. The van der Waals surface area contributed by atoms with E-state index >= 15 is 0 Å². The van der Waals surface area contributed by atoms with Crippen molar-refractivity contribution in [1.82, 2.24) is 15.5 Å². The molecule has 1 aromatic carbocycles. The van der Waals surface area contributed by atoms with Gasteiger partial charge in [0, 0.05) is 18.5 Å². The van der Waals surface area contributed by atoms with Crippen molar-refractivity contribution in [3.63, 3.8) is 0 Å². The molecule has 0 saturated carbocycles. The summed E-state index contributed by atoms with van der Waals surface area (Å²) in [5.74, 6) is 0.919. The Morgan fingerprint density at radius 1 is 1.20 bits per heavy atom. The van der Waals surface area contributed by atoms with Crippen LogP contribution in [0.3, 0.4) is 0 Å². The highest BCUT2D eigenvalue weighted by molar-refractivity contribution is 7.14. The van der Waals surface area contributed by atoms with Crippen molar-refractivity contribution < 1.29 is 4.74 Å². The van der Waals surface area contributed by atoms with Gasteiger partial charge in [0.25, 0.3) is 0 Å². The number of aromatic nitrogens is 2. The van der Waals surface area contributed by atoms with Crippen LogP contribution in [0.25, 0.3) is 10.6 Å². The van der Waals surface area contributed by atoms with Crippen LogP contribution in [-0.2, 0) is 6.42 Å². The van der Waals surface area contributed by atoms with Gasteiger partial charge in [0.2, 0.25) is 0 Å². The summed E-state index contributed by atoms with van der Waals surface area (Å²) in [5, 5.41) is 13.6. The number of likely N-dealkylation sites (N-methyl/N-ethyl adjacent to an activating group) is 1. The van der Waals surface area contributed by atoms with Crippen LogP contribution >= 0.6 is 11.3 Å². The lowest BCUT2D eigenvalue weighted by Crippen LogP contribution is -2.09. The molecule has 0 bridgehead atoms. The van der Waals surface area contributed by atoms with Crippen LogP contribution in [0.15, 0.2) is 24.3 Å². The van der Waals surface area contributed by atoms with Crippen LogP contribution in [0.4, 0.5) is 0 Å². The molecule has 0 spiro atoms. The molecule has 0 saturated heterocycles. The summed E-state index contributed by atoms with van der Waals surface area (Å²) in [4.78, 5) is 0. The molecule has 1 N–H and O–H groups in total. The van der Waals surface area contributed by atoms with Crippen LogP contribution in [-0.4, -0.2) is 30.4 Å². The number of unbranched alkanes of at least 4 members (excludes halogenated alkanes) is 1. The highest BCUT2D eigenvalue weighted by Gasteiger charge is 2.06. The molecule has 0 atom stereocenters. The zero-order chi connectivity index (χ0) is 14.2. The van der Waals surface area contributed by atoms with Gasteiger partial charge in [-0.2, -0.15) is 0 Å². The van der Waals surface area contributed by atoms with E-state index in [1.54, 1.807) is 11.3 Å². The van der Waals surface area contributed by atoms with Crippen molar-refractivity contribution in [3.05, 3.63) is 29.3 Å². The molecule has 0 aliphatic rings. The fourth-order valence-electron chi connectivity index (χ4n) is 1.73. The number of benzene rings is 1. The van der Waals surface area contributed by atoms with E-state index in [4.69, 9.17) is 4.74 Å². The van der Waals surface area contributed by atoms with Gasteiger partial charge in [-0.15, -0.1) is 10.2 Å². The predicted molar refractivity (Wildman–Crippen MR) is 83.4 cm³/mol. The summed E-state index contributed by atoms with van der Waals surface area (Å²) < 4.78 is 5.65. The number of hydrogen-bond acceptors (Lipinski definition) is 5. The monoisotopic (exact) mass is 291 g/mol. The quantitative estimate of drug-likeness (QED) is 0.759. The summed E-state index contributed by atoms with van der Waals surface area (Å²) >= 11 is 1.65. The Hall–Kier alpha value is -1.46. The van der Waals surface area contributed by atoms with E-state index in [0.717, 1.165) is 53.7 Å². The molecule has 0 fully saturated rings. The van der Waals surface area contributed by atoms with Gasteiger partial charge in [-0.25, -0.2) is 0 Å². The average Bonchev–Trinajstić information content (AvgIpc) is 2.95. The van der Waals surface area contributed by atoms with Crippen molar-refractivity contribution >= 4 is 11.3 Å². The molecule has 0 amide bonds. The maximum Gasteiger partial charge on any atom is 0.147 e. The Balaban J connectivity index is 1.96. The minimum atomic E-state index is 0.781. The zero-order valence-electron chi connectivity index (χ0n) is 12.1. The second kappa shape index (κ2) is 7.97. The summed E-state index contributed by atoms with van der Waals surface area (Å²) in [6, 6.07) is 8.09. The van der Waals surface area contributed by atoms with Crippen LogP contribution in [0.5, 0.6) is 5.75 Å². The molecule has 108 valence electrons. The smallest absolute Gasteiger partial charge is 0.147 e. The van der Waals surface area contributed by atoms with Gasteiger partial charge in [-0.05, 0) is 37.7 Å². The van der Waals surface area contributed by atoms with Crippen LogP contribution in [0.1, 0.15) is 24.8 Å². The standard InChI is InChI=1S/C15H21N3OS/c1-3-4-11-19-13-7-5-12(6-8-13)15-18-17-14(20-15)9-10-16-2/h5-8,16H,3-4,9-11H2,1-2H3. The SMILES string of the molecule is CCCCOc1ccc(-c2nnc(CCNC)s2)cc1. The van der Waals surface area contributed by atoms with Crippen molar-refractivity contribution in [1.29, 1.82) is 0 Å². The minimum Gasteiger partial charge on any atom is -0.494 e. The van der Waals surface area contributed by atoms with E-state index < -0.39 is 0 Å². The average molecular weight is 291 g/mol. The fraction of sp³-hybridized carbons (Fsp3) is 0.467. The van der Waals surface area contributed by atoms with Gasteiger partial charge >= 0.3 is 0 Å². The van der Waals surface area contributed by atoms with Gasteiger partial charge in [-0.3, -0.25) is 0 Å². The van der Waals surface area contributed by atoms with Crippen molar-refractivity contribution in [2.24, 2.45) is 0 Å². The first-order chi connectivity index (χ1) is 9.83. The third-order valence-corrected chi connectivity index (χ3v) is 3.96. The van der Waals surface area contributed by atoms with E-state index in [9.17, 15) is 0 Å². The maximum absolute atomic E-state index is 5.65. The molecule has 2 rings (SSSR count). The van der Waals surface area contributed by atoms with Crippen molar-refractivity contribution in [3.8, 4) is 16.3 Å². The van der Waals surface area contributed by atoms with Gasteiger partial charge in [0.1, 0.15) is 15.8 Å². The lowest BCUT2D eigenvalue weighted by Gasteiger charge is -2.05. The largest absolute Gasteiger partial charge is 0.494 e. The third-order valence-electron chi connectivity index (χ3n) is 2.92. The first kappa shape index (κ1) is 14.9. The number of nitrogens with zero attached hydrogens (tertiary/aromatic N) is 2. The van der Waals surface area contributed by atoms with Crippen LogP contribution in [0.2, 0.25) is 0 Å². The van der Waals surface area contributed by atoms with E-state index in [-0.39, 0.29) is 0 Å². The van der Waals surface area contributed by atoms with Gasteiger partial charge < -0.3 is 10.1 Å². The number of rotatable bonds is 8. The molecule has 5 heteroatoms. The molecule has 0 unspecified atom stereocenters. The first-order valence-electron chi connectivity index (χ1n) is 7.03. The Labute approximate surface area is 124 Å². The zero-order valence-corrected chi connectivity index (χ0v) is 12.9. The molecule has 1 aromatic heterocycles. The normalized spacial score (nSPS) is 10.7. The summed E-state index contributed by atoms with van der Waals surface area (Å²) in [6.07, 6.45) is 3.16. The Kier molecular flexibility index (Phi) is 5.95. The Bertz CT molecular complexity index is 510. The van der Waals surface area contributed by atoms with Crippen molar-refractivity contribution in [2.75, 3.05) is 20.2 Å². The molecule has 0 aliphatic carbocycles. The molecule has 0 aliphatic heterocycles. The molecule has 4 nitrogen and oxygen atoms in total. The highest BCUT2D eigenvalue weighted by atomic mass is 32.1. The molecule has 20 heavy (non-hydrogen) atoms. The third kappa shape index (κ3) is 4.28. The summed E-state index contributed by atoms with van der Waals surface area (Å²) in [6.45, 7) is 3.87. The lowest BCUT2D eigenvalue weighted by atomic mass is 10.2. The van der Waals surface area contributed by atoms with Crippen LogP contribution < -0.4 is 10.1 Å². The molecule has 1 heterocycles. The minimum absolute atomic E-state index is 0.781. The van der Waals surface area contributed by atoms with E-state index in [2.05, 4.69) is 22.4 Å². The van der Waals surface area contributed by atoms with Gasteiger partial charge in [0.05, 0.1) is 6.61 Å². The predicted octanol–water partition coefficient (Wildman–Crippen LogP) is 3.15. The summed E-state index contributed by atoms with van der Waals surface area (Å²) in [7, 11) is 1.94. The summed E-state index contributed by atoms with van der Waals surface area (Å²) in [5.41, 5.74) is 1.10. The topological polar surface area (TPSA) is 47.0 Å².